The second kappa shape index (κ2) is 14.8. The molecule has 12 nitrogen and oxygen atoms in total. The summed E-state index contributed by atoms with van der Waals surface area (Å²) in [6.07, 6.45) is 1.71. The van der Waals surface area contributed by atoms with Crippen molar-refractivity contribution in [2.24, 2.45) is 0 Å². The third-order valence-electron chi connectivity index (χ3n) is 6.37. The van der Waals surface area contributed by atoms with Crippen LogP contribution in [-0.2, 0) is 11.3 Å². The summed E-state index contributed by atoms with van der Waals surface area (Å²) in [5, 5.41) is 8.88. The number of pyridine rings is 1. The molecule has 0 bridgehead atoms. The van der Waals surface area contributed by atoms with Crippen LogP contribution in [0.1, 0.15) is 43.2 Å². The molecule has 0 radical (unpaired) electrons. The minimum absolute atomic E-state index is 0.180. The van der Waals surface area contributed by atoms with Crippen LogP contribution in [0.2, 0.25) is 0 Å². The number of carbonyl (C=O) groups is 3. The van der Waals surface area contributed by atoms with Crippen LogP contribution < -0.4 is 20.7 Å². The van der Waals surface area contributed by atoms with Crippen molar-refractivity contribution < 1.29 is 23.9 Å². The molecule has 0 aliphatic rings. The van der Waals surface area contributed by atoms with Crippen LogP contribution in [-0.4, -0.2) is 77.7 Å². The van der Waals surface area contributed by atoms with Gasteiger partial charge in [-0.1, -0.05) is 29.5 Å². The number of nitrogens with one attached hydrogen (secondary N) is 3. The molecule has 0 spiro atoms. The summed E-state index contributed by atoms with van der Waals surface area (Å²) in [7, 11) is 5.58. The Labute approximate surface area is 266 Å². The monoisotopic (exact) mass is 633 g/mol. The van der Waals surface area contributed by atoms with Gasteiger partial charge in [0.1, 0.15) is 17.0 Å². The number of fused-ring (bicyclic) bond motifs is 1. The van der Waals surface area contributed by atoms with Crippen LogP contribution in [0.25, 0.3) is 10.2 Å². The van der Waals surface area contributed by atoms with Crippen molar-refractivity contribution in [2.45, 2.75) is 39.3 Å². The fourth-order valence-electron chi connectivity index (χ4n) is 4.26. The molecular weight excluding hydrogens is 594 g/mol. The fourth-order valence-corrected chi connectivity index (χ4v) is 5.14. The van der Waals surface area contributed by atoms with Gasteiger partial charge in [-0.2, -0.15) is 0 Å². The quantitative estimate of drug-likeness (QED) is 0.175. The molecular formula is C32H39N7O5S. The Balaban J connectivity index is 1.42. The van der Waals surface area contributed by atoms with Gasteiger partial charge in [0.05, 0.1) is 28.7 Å². The Morgan fingerprint density at radius 2 is 1.67 bits per heavy atom. The van der Waals surface area contributed by atoms with E-state index in [0.29, 0.717) is 23.1 Å². The van der Waals surface area contributed by atoms with Gasteiger partial charge >= 0.3 is 12.1 Å². The maximum Gasteiger partial charge on any atom is 0.412 e. The summed E-state index contributed by atoms with van der Waals surface area (Å²) in [4.78, 5) is 51.3. The van der Waals surface area contributed by atoms with Crippen LogP contribution in [0.15, 0.2) is 60.8 Å². The van der Waals surface area contributed by atoms with Crippen LogP contribution >= 0.6 is 11.3 Å². The standard InChI is InChI=1S/C32H39N7O5S/c1-32(2,3)44-31(42)36-24-11-8-7-10-23(24)34-28(40)26-14-12-21(19-33-26)20-39(17-9-16-38(4)5)30(41)37-29-35-25-15-13-22(43-6)18-27(25)45-29/h7-8,10-15,18-19H,9,16-17,20H2,1-6H3,(H,34,40)(H,36,42)(H,35,37,41). The normalized spacial score (nSPS) is 11.3. The summed E-state index contributed by atoms with van der Waals surface area (Å²) in [6, 6.07) is 15.5. The lowest BCUT2D eigenvalue weighted by atomic mass is 10.2. The first-order valence-corrected chi connectivity index (χ1v) is 15.2. The van der Waals surface area contributed by atoms with Gasteiger partial charge in [0.25, 0.3) is 5.91 Å². The molecule has 13 heteroatoms. The Morgan fingerprint density at radius 3 is 2.31 bits per heavy atom. The SMILES string of the molecule is COc1ccc2nc(NC(=O)N(CCCN(C)C)Cc3ccc(C(=O)Nc4ccccc4NC(=O)OC(C)(C)C)nc3)sc2c1. The predicted octanol–water partition coefficient (Wildman–Crippen LogP) is 6.29. The number of benzene rings is 2. The molecule has 0 atom stereocenters. The summed E-state index contributed by atoms with van der Waals surface area (Å²) >= 11 is 1.37. The van der Waals surface area contributed by atoms with E-state index in [1.807, 2.05) is 32.3 Å². The minimum atomic E-state index is -0.666. The highest BCUT2D eigenvalue weighted by Crippen LogP contribution is 2.29. The Morgan fingerprint density at radius 1 is 0.933 bits per heavy atom. The van der Waals surface area contributed by atoms with E-state index in [2.05, 4.69) is 30.8 Å². The van der Waals surface area contributed by atoms with E-state index < -0.39 is 17.6 Å². The lowest BCUT2D eigenvalue weighted by Crippen LogP contribution is -2.36. The Kier molecular flexibility index (Phi) is 10.9. The van der Waals surface area contributed by atoms with E-state index in [-0.39, 0.29) is 18.3 Å². The number of thiazole rings is 1. The third-order valence-corrected chi connectivity index (χ3v) is 7.31. The van der Waals surface area contributed by atoms with Crippen molar-refractivity contribution in [2.75, 3.05) is 50.2 Å². The molecule has 4 rings (SSSR count). The van der Waals surface area contributed by atoms with Gasteiger partial charge in [0.2, 0.25) is 0 Å². The number of urea groups is 1. The van der Waals surface area contributed by atoms with Gasteiger partial charge in [-0.3, -0.25) is 20.4 Å². The average Bonchev–Trinajstić information content (AvgIpc) is 3.38. The molecule has 0 unspecified atom stereocenters. The van der Waals surface area contributed by atoms with Crippen molar-refractivity contribution >= 4 is 56.1 Å². The van der Waals surface area contributed by atoms with Crippen molar-refractivity contribution in [3.63, 3.8) is 0 Å². The highest BCUT2D eigenvalue weighted by molar-refractivity contribution is 7.22. The molecule has 0 aliphatic heterocycles. The molecule has 4 amide bonds. The second-order valence-electron chi connectivity index (χ2n) is 11.5. The summed E-state index contributed by atoms with van der Waals surface area (Å²) in [6.45, 7) is 6.91. The zero-order valence-corrected chi connectivity index (χ0v) is 27.2. The number of methoxy groups -OCH3 is 1. The summed E-state index contributed by atoms with van der Waals surface area (Å²) in [5.41, 5.74) is 1.84. The second-order valence-corrected chi connectivity index (χ2v) is 12.6. The maximum atomic E-state index is 13.4. The number of hydrogen-bond donors (Lipinski definition) is 3. The number of para-hydroxylation sites is 2. The van der Waals surface area contributed by atoms with Crippen molar-refractivity contribution in [3.05, 3.63) is 72.1 Å². The van der Waals surface area contributed by atoms with Gasteiger partial charge in [0, 0.05) is 19.3 Å². The predicted molar refractivity (Wildman–Crippen MR) is 177 cm³/mol. The van der Waals surface area contributed by atoms with Gasteiger partial charge in [-0.15, -0.1) is 0 Å². The highest BCUT2D eigenvalue weighted by Gasteiger charge is 2.19. The highest BCUT2D eigenvalue weighted by atomic mass is 32.1. The van der Waals surface area contributed by atoms with Crippen molar-refractivity contribution in [1.29, 1.82) is 0 Å². The lowest BCUT2D eigenvalue weighted by Gasteiger charge is -2.23. The fraction of sp³-hybridized carbons (Fsp3) is 0.344. The topological polar surface area (TPSA) is 138 Å². The molecule has 3 N–H and O–H groups in total. The van der Waals surface area contributed by atoms with Crippen LogP contribution in [0.3, 0.4) is 0 Å². The van der Waals surface area contributed by atoms with E-state index >= 15 is 0 Å². The molecule has 238 valence electrons. The van der Waals surface area contributed by atoms with Gasteiger partial charge < -0.3 is 24.6 Å². The van der Waals surface area contributed by atoms with E-state index in [1.54, 1.807) is 75.4 Å². The smallest absolute Gasteiger partial charge is 0.412 e. The maximum absolute atomic E-state index is 13.4. The number of rotatable bonds is 11. The zero-order valence-electron chi connectivity index (χ0n) is 26.3. The summed E-state index contributed by atoms with van der Waals surface area (Å²) < 4.78 is 11.5. The number of amides is 4. The van der Waals surface area contributed by atoms with E-state index in [0.717, 1.165) is 34.5 Å². The number of ether oxygens (including phenoxy) is 2. The molecule has 45 heavy (non-hydrogen) atoms. The Hall–Kier alpha value is -4.75. The van der Waals surface area contributed by atoms with E-state index in [9.17, 15) is 14.4 Å². The number of hydrogen-bond acceptors (Lipinski definition) is 9. The number of aromatic nitrogens is 2. The van der Waals surface area contributed by atoms with Crippen LogP contribution in [0, 0.1) is 0 Å². The van der Waals surface area contributed by atoms with Crippen molar-refractivity contribution in [1.82, 2.24) is 19.8 Å². The van der Waals surface area contributed by atoms with Crippen LogP contribution in [0.5, 0.6) is 5.75 Å². The number of anilines is 3. The molecule has 2 aromatic heterocycles. The Bertz CT molecular complexity index is 1630. The largest absolute Gasteiger partial charge is 0.497 e. The first-order valence-electron chi connectivity index (χ1n) is 14.4. The van der Waals surface area contributed by atoms with E-state index in [1.165, 1.54) is 11.3 Å². The zero-order chi connectivity index (χ0) is 32.6. The summed E-state index contributed by atoms with van der Waals surface area (Å²) in [5.74, 6) is 0.272. The van der Waals surface area contributed by atoms with Crippen LogP contribution in [0.4, 0.5) is 26.1 Å². The molecule has 0 fully saturated rings. The molecule has 0 saturated heterocycles. The van der Waals surface area contributed by atoms with Gasteiger partial charge in [0.15, 0.2) is 5.13 Å². The lowest BCUT2D eigenvalue weighted by molar-refractivity contribution is 0.0635. The number of carbonyl (C=O) groups excluding carboxylic acids is 3. The van der Waals surface area contributed by atoms with Gasteiger partial charge in [-0.05, 0) is 89.8 Å². The first-order chi connectivity index (χ1) is 21.4. The number of nitrogens with zero attached hydrogens (tertiary/aromatic N) is 4. The van der Waals surface area contributed by atoms with E-state index in [4.69, 9.17) is 9.47 Å². The molecule has 2 heterocycles. The first kappa shape index (κ1) is 33.1. The van der Waals surface area contributed by atoms with Gasteiger partial charge in [-0.25, -0.2) is 14.6 Å². The molecule has 0 saturated carbocycles. The van der Waals surface area contributed by atoms with Crippen molar-refractivity contribution in [3.8, 4) is 5.75 Å². The third kappa shape index (κ3) is 9.88. The average molecular weight is 634 g/mol. The molecule has 4 aromatic rings. The minimum Gasteiger partial charge on any atom is -0.497 e. The molecule has 2 aromatic carbocycles. The molecule has 0 aliphatic carbocycles.